The number of hydrogen-bond donors (Lipinski definition) is 1. The number of hydrogen-bond acceptors (Lipinski definition) is 4. The molecule has 2 aliphatic rings. The number of rotatable bonds is 1. The van der Waals surface area contributed by atoms with Crippen molar-refractivity contribution in [3.05, 3.63) is 9.90 Å². The normalized spacial score (nSPS) is 29.9. The average Bonchev–Trinajstić information content (AvgIpc) is 2.75. The first-order valence-corrected chi connectivity index (χ1v) is 7.97. The maximum Gasteiger partial charge on any atom is 0.410 e. The van der Waals surface area contributed by atoms with E-state index in [4.69, 9.17) is 4.74 Å². The van der Waals surface area contributed by atoms with Gasteiger partial charge < -0.3 is 15.0 Å². The fourth-order valence-corrected chi connectivity index (χ4v) is 3.42. The number of carbonyl (C=O) groups excluding carboxylic acids is 1. The largest absolute Gasteiger partial charge is 0.444 e. The second-order valence-corrected chi connectivity index (χ2v) is 7.66. The molecule has 2 rings (SSSR count). The van der Waals surface area contributed by atoms with Crippen LogP contribution in [-0.2, 0) is 4.74 Å². The summed E-state index contributed by atoms with van der Waals surface area (Å²) in [6.07, 6.45) is 5.40. The first-order valence-electron chi connectivity index (χ1n) is 6.89. The molecule has 0 aliphatic carbocycles. The fourth-order valence-electron chi connectivity index (χ4n) is 2.68. The Balaban J connectivity index is 2.13. The highest BCUT2D eigenvalue weighted by Gasteiger charge is 2.44. The molecule has 1 amide bonds. The zero-order valence-electron chi connectivity index (χ0n) is 12.4. The summed E-state index contributed by atoms with van der Waals surface area (Å²) in [7, 11) is 0. The van der Waals surface area contributed by atoms with Crippen LogP contribution in [0.25, 0.3) is 0 Å². The molecular weight excluding hydrogens is 369 g/mol. The lowest BCUT2D eigenvalue weighted by Gasteiger charge is -2.40. The number of nitrogens with zero attached hydrogens (tertiary/aromatic N) is 2. The molecule has 1 N–H and O–H groups in total. The summed E-state index contributed by atoms with van der Waals surface area (Å²) in [4.78, 5) is 18.5. The summed E-state index contributed by atoms with van der Waals surface area (Å²) in [5, 5.41) is 3.43. The minimum Gasteiger partial charge on any atom is -0.444 e. The van der Waals surface area contributed by atoms with Gasteiger partial charge >= 0.3 is 6.09 Å². The Morgan fingerprint density at radius 2 is 2.30 bits per heavy atom. The number of ether oxygens (including phenoxy) is 1. The van der Waals surface area contributed by atoms with E-state index in [1.54, 1.807) is 6.20 Å². The molecule has 20 heavy (non-hydrogen) atoms. The zero-order valence-corrected chi connectivity index (χ0v) is 14.6. The average molecular weight is 391 g/mol. The molecule has 0 radical (unpaired) electrons. The van der Waals surface area contributed by atoms with Gasteiger partial charge in [0, 0.05) is 12.8 Å². The van der Waals surface area contributed by atoms with Gasteiger partial charge in [0.25, 0.3) is 0 Å². The Bertz CT molecular complexity index is 456. The topological polar surface area (TPSA) is 53.9 Å². The van der Waals surface area contributed by atoms with Crippen LogP contribution in [0.3, 0.4) is 0 Å². The molecule has 5 nitrogen and oxygen atoms in total. The third-order valence-corrected chi connectivity index (χ3v) is 4.04. The first kappa shape index (κ1) is 15.6. The van der Waals surface area contributed by atoms with Crippen LogP contribution in [0.2, 0.25) is 0 Å². The van der Waals surface area contributed by atoms with Crippen molar-refractivity contribution >= 4 is 34.9 Å². The highest BCUT2D eigenvalue weighted by molar-refractivity contribution is 14.1. The van der Waals surface area contributed by atoms with Crippen LogP contribution in [0, 0.1) is 0 Å². The molecule has 0 aromatic carbocycles. The number of aliphatic imine (C=N–C) groups is 1. The van der Waals surface area contributed by atoms with E-state index in [1.807, 2.05) is 31.9 Å². The second kappa shape index (κ2) is 5.54. The Labute approximate surface area is 134 Å². The van der Waals surface area contributed by atoms with Crippen LogP contribution >= 0.6 is 22.6 Å². The molecule has 2 heterocycles. The molecule has 6 heteroatoms. The molecule has 0 aromatic rings. The standard InChI is InChI=1S/C14H22IN3O2/c1-13(2,3)20-12(19)18-7-5-6-10(18)14(4)9-16-8-11(15)17-14/h8-10,17H,5-7H2,1-4H3/t10-,14+/m0/s1. The molecule has 0 unspecified atom stereocenters. The highest BCUT2D eigenvalue weighted by atomic mass is 127. The van der Waals surface area contributed by atoms with Crippen molar-refractivity contribution in [2.75, 3.05) is 6.54 Å². The van der Waals surface area contributed by atoms with Gasteiger partial charge in [-0.05, 0) is 63.1 Å². The maximum atomic E-state index is 12.4. The minimum absolute atomic E-state index is 0.0690. The van der Waals surface area contributed by atoms with Crippen molar-refractivity contribution in [3.63, 3.8) is 0 Å². The third kappa shape index (κ3) is 3.45. The van der Waals surface area contributed by atoms with Gasteiger partial charge in [-0.2, -0.15) is 0 Å². The molecule has 1 saturated heterocycles. The second-order valence-electron chi connectivity index (χ2n) is 6.49. The lowest BCUT2D eigenvalue weighted by Crippen LogP contribution is -2.59. The van der Waals surface area contributed by atoms with Crippen LogP contribution in [0.15, 0.2) is 14.9 Å². The third-order valence-electron chi connectivity index (χ3n) is 3.49. The van der Waals surface area contributed by atoms with Gasteiger partial charge in [-0.15, -0.1) is 0 Å². The summed E-state index contributed by atoms with van der Waals surface area (Å²) in [6, 6.07) is 0.0690. The van der Waals surface area contributed by atoms with Crippen LogP contribution in [0.4, 0.5) is 4.79 Å². The van der Waals surface area contributed by atoms with Crippen molar-refractivity contribution in [2.24, 2.45) is 4.99 Å². The van der Waals surface area contributed by atoms with E-state index in [1.165, 1.54) is 0 Å². The maximum absolute atomic E-state index is 12.4. The van der Waals surface area contributed by atoms with Gasteiger partial charge in [0.2, 0.25) is 0 Å². The number of carbonyl (C=O) groups is 1. The minimum atomic E-state index is -0.465. The molecule has 2 aliphatic heterocycles. The number of amides is 1. The SMILES string of the molecule is CC(C)(C)OC(=O)N1CCC[C@H]1[C@@]1(C)C=NC=C(I)N1. The van der Waals surface area contributed by atoms with Crippen molar-refractivity contribution in [1.29, 1.82) is 0 Å². The molecule has 2 atom stereocenters. The van der Waals surface area contributed by atoms with E-state index in [0.29, 0.717) is 0 Å². The molecule has 0 spiro atoms. The van der Waals surface area contributed by atoms with Crippen molar-refractivity contribution in [3.8, 4) is 0 Å². The Hall–Kier alpha value is -0.790. The number of nitrogens with one attached hydrogen (secondary N) is 1. The molecule has 0 bridgehead atoms. The zero-order chi connectivity index (χ0) is 15.0. The molecule has 112 valence electrons. The summed E-state index contributed by atoms with van der Waals surface area (Å²) >= 11 is 2.22. The lowest BCUT2D eigenvalue weighted by atomic mass is 9.91. The Morgan fingerprint density at radius 1 is 1.60 bits per heavy atom. The van der Waals surface area contributed by atoms with E-state index in [-0.39, 0.29) is 17.7 Å². The summed E-state index contributed by atoms with van der Waals surface area (Å²) in [6.45, 7) is 8.50. The lowest BCUT2D eigenvalue weighted by molar-refractivity contribution is 0.0184. The van der Waals surface area contributed by atoms with E-state index in [2.05, 4.69) is 39.8 Å². The predicted molar refractivity (Wildman–Crippen MR) is 88.1 cm³/mol. The van der Waals surface area contributed by atoms with E-state index in [0.717, 1.165) is 23.1 Å². The predicted octanol–water partition coefficient (Wildman–Crippen LogP) is 3.05. The van der Waals surface area contributed by atoms with E-state index < -0.39 is 5.60 Å². The van der Waals surface area contributed by atoms with Gasteiger partial charge in [0.15, 0.2) is 0 Å². The summed E-state index contributed by atoms with van der Waals surface area (Å²) in [5.41, 5.74) is -0.799. The van der Waals surface area contributed by atoms with Crippen molar-refractivity contribution in [2.45, 2.75) is 57.7 Å². The fraction of sp³-hybridized carbons (Fsp3) is 0.714. The van der Waals surface area contributed by atoms with Gasteiger partial charge in [-0.3, -0.25) is 4.99 Å². The number of likely N-dealkylation sites (tertiary alicyclic amines) is 1. The van der Waals surface area contributed by atoms with Gasteiger partial charge in [0.1, 0.15) is 5.60 Å². The molecule has 0 saturated carbocycles. The molecular formula is C14H22IN3O2. The molecule has 1 fully saturated rings. The van der Waals surface area contributed by atoms with E-state index in [9.17, 15) is 4.79 Å². The smallest absolute Gasteiger partial charge is 0.410 e. The first-order chi connectivity index (χ1) is 9.21. The Kier molecular flexibility index (Phi) is 4.32. The van der Waals surface area contributed by atoms with Crippen LogP contribution < -0.4 is 5.32 Å². The van der Waals surface area contributed by atoms with Crippen molar-refractivity contribution < 1.29 is 9.53 Å². The monoisotopic (exact) mass is 391 g/mol. The summed E-state index contributed by atoms with van der Waals surface area (Å²) < 4.78 is 6.50. The van der Waals surface area contributed by atoms with Crippen LogP contribution in [0.1, 0.15) is 40.5 Å². The van der Waals surface area contributed by atoms with Gasteiger partial charge in [-0.1, -0.05) is 0 Å². The van der Waals surface area contributed by atoms with Crippen LogP contribution in [-0.4, -0.2) is 40.9 Å². The highest BCUT2D eigenvalue weighted by Crippen LogP contribution is 2.30. The van der Waals surface area contributed by atoms with E-state index >= 15 is 0 Å². The van der Waals surface area contributed by atoms with Gasteiger partial charge in [-0.25, -0.2) is 4.79 Å². The Morgan fingerprint density at radius 3 is 2.90 bits per heavy atom. The quantitative estimate of drug-likeness (QED) is 0.552. The number of halogens is 1. The van der Waals surface area contributed by atoms with Crippen LogP contribution in [0.5, 0.6) is 0 Å². The summed E-state index contributed by atoms with van der Waals surface area (Å²) in [5.74, 6) is 0. The van der Waals surface area contributed by atoms with Gasteiger partial charge in [0.05, 0.1) is 21.5 Å². The molecule has 0 aromatic heterocycles. The van der Waals surface area contributed by atoms with Crippen molar-refractivity contribution in [1.82, 2.24) is 10.2 Å².